The van der Waals surface area contributed by atoms with Crippen LogP contribution in [0.3, 0.4) is 0 Å². The second-order valence-corrected chi connectivity index (χ2v) is 5.35. The van der Waals surface area contributed by atoms with Crippen LogP contribution in [-0.4, -0.2) is 17.6 Å². The average Bonchev–Trinajstić information content (AvgIpc) is 3.10. The van der Waals surface area contributed by atoms with Crippen LogP contribution in [0.2, 0.25) is 0 Å². The van der Waals surface area contributed by atoms with Crippen LogP contribution in [0, 0.1) is 0 Å². The van der Waals surface area contributed by atoms with E-state index in [9.17, 15) is 4.79 Å². The number of rotatable bonds is 5. The number of nitrogens with zero attached hydrogens (tertiary/aromatic N) is 1. The summed E-state index contributed by atoms with van der Waals surface area (Å²) in [4.78, 5) is 16.3. The second kappa shape index (κ2) is 5.17. The number of carbonyl (C=O) groups is 1. The lowest BCUT2D eigenvalue weighted by molar-refractivity contribution is -0.147. The van der Waals surface area contributed by atoms with Gasteiger partial charge in [-0.25, -0.2) is 0 Å². The fraction of sp³-hybridized carbons (Fsp3) is 0.538. The molecule has 0 aliphatic heterocycles. The Morgan fingerprint density at radius 1 is 1.59 bits per heavy atom. The normalized spacial score (nSPS) is 16.6. The summed E-state index contributed by atoms with van der Waals surface area (Å²) < 4.78 is 6.26. The maximum Gasteiger partial charge on any atom is 0.318 e. The molecule has 1 aromatic rings. The minimum absolute atomic E-state index is 0.114. The van der Waals surface area contributed by atoms with E-state index in [1.807, 2.05) is 12.1 Å². The number of carbonyl (C=O) groups excluding carboxylic acids is 1. The Morgan fingerprint density at radius 3 is 2.94 bits per heavy atom. The molecule has 1 aliphatic rings. The van der Waals surface area contributed by atoms with Gasteiger partial charge in [-0.3, -0.25) is 9.78 Å². The molecule has 4 heteroatoms. The van der Waals surface area contributed by atoms with Crippen molar-refractivity contribution in [1.82, 2.24) is 4.98 Å². The highest BCUT2D eigenvalue weighted by atomic mass is 79.9. The number of unbranched alkanes of at least 4 members (excludes halogenated alkanes) is 1. The molecule has 0 unspecified atom stereocenters. The molecule has 1 aromatic heterocycles. The van der Waals surface area contributed by atoms with Crippen molar-refractivity contribution >= 4 is 21.9 Å². The Labute approximate surface area is 110 Å². The quantitative estimate of drug-likeness (QED) is 0.619. The minimum Gasteiger partial charge on any atom is -0.465 e. The van der Waals surface area contributed by atoms with Gasteiger partial charge in [0.05, 0.1) is 12.3 Å². The summed E-state index contributed by atoms with van der Waals surface area (Å²) in [5.74, 6) is -0.114. The van der Waals surface area contributed by atoms with Gasteiger partial charge in [0.2, 0.25) is 0 Å². The molecule has 0 bridgehead atoms. The van der Waals surface area contributed by atoms with Crippen molar-refractivity contribution in [3.63, 3.8) is 0 Å². The summed E-state index contributed by atoms with van der Waals surface area (Å²) in [6.45, 7) is 2.60. The summed E-state index contributed by atoms with van der Waals surface area (Å²) in [5.41, 5.74) is 0.366. The molecule has 0 radical (unpaired) electrons. The number of esters is 1. The molecule has 1 saturated carbocycles. The van der Waals surface area contributed by atoms with Crippen LogP contribution in [0.25, 0.3) is 0 Å². The summed E-state index contributed by atoms with van der Waals surface area (Å²) in [5, 5.41) is 0. The highest BCUT2D eigenvalue weighted by Gasteiger charge is 2.54. The first-order chi connectivity index (χ1) is 8.19. The van der Waals surface area contributed by atoms with Crippen LogP contribution in [0.1, 0.15) is 38.3 Å². The van der Waals surface area contributed by atoms with Crippen LogP contribution in [0.5, 0.6) is 0 Å². The summed E-state index contributed by atoms with van der Waals surface area (Å²) >= 11 is 3.40. The van der Waals surface area contributed by atoms with Gasteiger partial charge in [-0.1, -0.05) is 29.3 Å². The van der Waals surface area contributed by atoms with Crippen molar-refractivity contribution in [3.8, 4) is 0 Å². The van der Waals surface area contributed by atoms with Crippen LogP contribution in [0.4, 0.5) is 0 Å². The lowest BCUT2D eigenvalue weighted by atomic mass is 10.0. The summed E-state index contributed by atoms with van der Waals surface area (Å²) in [6.07, 6.45) is 5.38. The second-order valence-electron chi connectivity index (χ2n) is 4.43. The Kier molecular flexibility index (Phi) is 3.82. The molecule has 0 N–H and O–H groups in total. The Balaban J connectivity index is 2.06. The van der Waals surface area contributed by atoms with Crippen molar-refractivity contribution in [2.75, 3.05) is 6.61 Å². The number of hydrogen-bond acceptors (Lipinski definition) is 3. The molecule has 0 saturated heterocycles. The van der Waals surface area contributed by atoms with Gasteiger partial charge in [-0.05, 0) is 31.4 Å². The molecule has 0 atom stereocenters. The predicted octanol–water partition coefficient (Wildman–Crippen LogP) is 3.22. The fourth-order valence-corrected chi connectivity index (χ4v) is 2.14. The van der Waals surface area contributed by atoms with E-state index in [1.165, 1.54) is 0 Å². The molecule has 2 rings (SSSR count). The van der Waals surface area contributed by atoms with Gasteiger partial charge >= 0.3 is 5.97 Å². The third-order valence-corrected chi connectivity index (χ3v) is 3.58. The Morgan fingerprint density at radius 2 is 2.35 bits per heavy atom. The van der Waals surface area contributed by atoms with Crippen molar-refractivity contribution in [2.24, 2.45) is 0 Å². The van der Waals surface area contributed by atoms with Gasteiger partial charge in [-0.15, -0.1) is 0 Å². The topological polar surface area (TPSA) is 39.2 Å². The largest absolute Gasteiger partial charge is 0.465 e. The lowest BCUT2D eigenvalue weighted by Crippen LogP contribution is -2.24. The van der Waals surface area contributed by atoms with Gasteiger partial charge in [-0.2, -0.15) is 0 Å². The Bertz CT molecular complexity index is 416. The predicted molar refractivity (Wildman–Crippen MR) is 68.7 cm³/mol. The Hall–Kier alpha value is -0.900. The van der Waals surface area contributed by atoms with E-state index < -0.39 is 5.41 Å². The SMILES string of the molecule is CCCCOC(=O)C1(c2cc(Br)ccn2)CC1. The highest BCUT2D eigenvalue weighted by molar-refractivity contribution is 9.10. The number of halogens is 1. The van der Waals surface area contributed by atoms with Crippen LogP contribution >= 0.6 is 15.9 Å². The molecular formula is C13H16BrNO2. The zero-order valence-electron chi connectivity index (χ0n) is 9.91. The van der Waals surface area contributed by atoms with Gasteiger partial charge in [0.25, 0.3) is 0 Å². The lowest BCUT2D eigenvalue weighted by Gasteiger charge is -2.13. The van der Waals surface area contributed by atoms with Crippen molar-refractivity contribution in [1.29, 1.82) is 0 Å². The summed E-state index contributed by atoms with van der Waals surface area (Å²) in [7, 11) is 0. The summed E-state index contributed by atoms with van der Waals surface area (Å²) in [6, 6.07) is 3.77. The van der Waals surface area contributed by atoms with E-state index in [1.54, 1.807) is 6.20 Å². The first kappa shape index (κ1) is 12.6. The third-order valence-electron chi connectivity index (χ3n) is 3.08. The van der Waals surface area contributed by atoms with Gasteiger partial charge < -0.3 is 4.74 Å². The third kappa shape index (κ3) is 2.68. The monoisotopic (exact) mass is 297 g/mol. The molecule has 1 fully saturated rings. The molecule has 0 aromatic carbocycles. The molecule has 1 aliphatic carbocycles. The van der Waals surface area contributed by atoms with E-state index in [2.05, 4.69) is 27.8 Å². The molecule has 92 valence electrons. The zero-order valence-corrected chi connectivity index (χ0v) is 11.5. The molecular weight excluding hydrogens is 282 g/mol. The number of hydrogen-bond donors (Lipinski definition) is 0. The van der Waals surface area contributed by atoms with Crippen LogP contribution in [-0.2, 0) is 14.9 Å². The van der Waals surface area contributed by atoms with E-state index >= 15 is 0 Å². The van der Waals surface area contributed by atoms with Crippen LogP contribution < -0.4 is 0 Å². The smallest absolute Gasteiger partial charge is 0.318 e. The van der Waals surface area contributed by atoms with Crippen LogP contribution in [0.15, 0.2) is 22.8 Å². The van der Waals surface area contributed by atoms with Gasteiger partial charge in [0.1, 0.15) is 5.41 Å². The van der Waals surface area contributed by atoms with Crippen molar-refractivity contribution in [2.45, 2.75) is 38.0 Å². The van der Waals surface area contributed by atoms with Gasteiger partial charge in [0, 0.05) is 10.7 Å². The average molecular weight is 298 g/mol. The maximum atomic E-state index is 12.0. The fourth-order valence-electron chi connectivity index (χ4n) is 1.80. The molecule has 0 spiro atoms. The van der Waals surface area contributed by atoms with Crippen molar-refractivity contribution in [3.05, 3.63) is 28.5 Å². The minimum atomic E-state index is -0.461. The number of pyridine rings is 1. The highest BCUT2D eigenvalue weighted by Crippen LogP contribution is 2.48. The molecule has 1 heterocycles. The van der Waals surface area contributed by atoms with E-state index in [-0.39, 0.29) is 5.97 Å². The van der Waals surface area contributed by atoms with E-state index in [0.717, 1.165) is 35.8 Å². The van der Waals surface area contributed by atoms with Crippen molar-refractivity contribution < 1.29 is 9.53 Å². The molecule has 0 amide bonds. The molecule has 17 heavy (non-hydrogen) atoms. The maximum absolute atomic E-state index is 12.0. The van der Waals surface area contributed by atoms with Gasteiger partial charge in [0.15, 0.2) is 0 Å². The standard InChI is InChI=1S/C13H16BrNO2/c1-2-3-8-17-12(16)13(5-6-13)11-9-10(14)4-7-15-11/h4,7,9H,2-3,5-6,8H2,1H3. The number of ether oxygens (including phenoxy) is 1. The number of aromatic nitrogens is 1. The first-order valence-electron chi connectivity index (χ1n) is 5.98. The van der Waals surface area contributed by atoms with E-state index in [4.69, 9.17) is 4.74 Å². The molecule has 3 nitrogen and oxygen atoms in total. The van der Waals surface area contributed by atoms with E-state index in [0.29, 0.717) is 6.61 Å². The zero-order chi connectivity index (χ0) is 12.3. The first-order valence-corrected chi connectivity index (χ1v) is 6.77.